The molecule has 7 heteroatoms. The highest BCUT2D eigenvalue weighted by Gasteiger charge is 2.14. The maximum atomic E-state index is 12.3. The molecule has 0 spiro atoms. The molecule has 2 rings (SSSR count). The maximum Gasteiger partial charge on any atom is 0.307 e. The SMILES string of the molecule is CCN(Cc1ccc(Cl)s1)C(=O)CCn1c(C)csc1=O. The van der Waals surface area contributed by atoms with Gasteiger partial charge in [-0.2, -0.15) is 0 Å². The van der Waals surface area contributed by atoms with E-state index in [0.717, 1.165) is 14.9 Å². The Kier molecular flexibility index (Phi) is 5.61. The van der Waals surface area contributed by atoms with Crippen LogP contribution >= 0.6 is 34.3 Å². The van der Waals surface area contributed by atoms with E-state index in [1.807, 2.05) is 31.4 Å². The maximum absolute atomic E-state index is 12.3. The van der Waals surface area contributed by atoms with E-state index in [-0.39, 0.29) is 10.8 Å². The van der Waals surface area contributed by atoms with E-state index >= 15 is 0 Å². The van der Waals surface area contributed by atoms with Crippen molar-refractivity contribution < 1.29 is 4.79 Å². The van der Waals surface area contributed by atoms with Crippen molar-refractivity contribution in [2.75, 3.05) is 6.54 Å². The summed E-state index contributed by atoms with van der Waals surface area (Å²) < 4.78 is 2.38. The summed E-state index contributed by atoms with van der Waals surface area (Å²) in [6.07, 6.45) is 0.338. The number of thiazole rings is 1. The molecule has 2 heterocycles. The second-order valence-corrected chi connectivity index (χ2v) is 7.28. The van der Waals surface area contributed by atoms with Crippen LogP contribution in [0.25, 0.3) is 0 Å². The molecule has 4 nitrogen and oxygen atoms in total. The third kappa shape index (κ3) is 4.18. The number of amides is 1. The number of thiophene rings is 1. The fraction of sp³-hybridized carbons (Fsp3) is 0.429. The zero-order valence-electron chi connectivity index (χ0n) is 12.0. The van der Waals surface area contributed by atoms with Gasteiger partial charge >= 0.3 is 4.87 Å². The van der Waals surface area contributed by atoms with Gasteiger partial charge in [0.25, 0.3) is 0 Å². The molecule has 0 aliphatic carbocycles. The lowest BCUT2D eigenvalue weighted by Gasteiger charge is -2.20. The smallest absolute Gasteiger partial charge is 0.307 e. The molecule has 0 N–H and O–H groups in total. The summed E-state index contributed by atoms with van der Waals surface area (Å²) in [5.74, 6) is 0.0551. The van der Waals surface area contributed by atoms with Gasteiger partial charge in [0, 0.05) is 35.5 Å². The second-order valence-electron chi connectivity index (χ2n) is 4.66. The van der Waals surface area contributed by atoms with Gasteiger partial charge in [-0.1, -0.05) is 22.9 Å². The Morgan fingerprint density at radius 1 is 1.43 bits per heavy atom. The Morgan fingerprint density at radius 3 is 2.71 bits per heavy atom. The molecule has 0 aliphatic rings. The third-order valence-corrected chi connectivity index (χ3v) is 5.33. The second kappa shape index (κ2) is 7.24. The normalized spacial score (nSPS) is 10.8. The van der Waals surface area contributed by atoms with Crippen molar-refractivity contribution in [1.82, 2.24) is 9.47 Å². The van der Waals surface area contributed by atoms with Crippen molar-refractivity contribution in [1.29, 1.82) is 0 Å². The van der Waals surface area contributed by atoms with Gasteiger partial charge in [0.2, 0.25) is 5.91 Å². The molecule has 0 unspecified atom stereocenters. The molecular formula is C14H17ClN2O2S2. The predicted molar refractivity (Wildman–Crippen MR) is 88.4 cm³/mol. The lowest BCUT2D eigenvalue weighted by atomic mass is 10.3. The quantitative estimate of drug-likeness (QED) is 0.806. The molecule has 0 saturated carbocycles. The molecule has 2 aromatic rings. The minimum atomic E-state index is -0.00612. The van der Waals surface area contributed by atoms with Gasteiger partial charge in [-0.3, -0.25) is 9.59 Å². The Bertz CT molecular complexity index is 675. The first-order valence-corrected chi connectivity index (χ1v) is 8.75. The van der Waals surface area contributed by atoms with Crippen LogP contribution in [0.15, 0.2) is 22.3 Å². The third-order valence-electron chi connectivity index (χ3n) is 3.24. The summed E-state index contributed by atoms with van der Waals surface area (Å²) >= 11 is 8.57. The summed E-state index contributed by atoms with van der Waals surface area (Å²) in [6, 6.07) is 3.78. The van der Waals surface area contributed by atoms with E-state index < -0.39 is 0 Å². The Morgan fingerprint density at radius 2 is 2.19 bits per heavy atom. The van der Waals surface area contributed by atoms with Crippen LogP contribution < -0.4 is 4.87 Å². The molecular weight excluding hydrogens is 328 g/mol. The zero-order chi connectivity index (χ0) is 15.4. The molecule has 0 saturated heterocycles. The van der Waals surface area contributed by atoms with Crippen LogP contribution in [-0.2, 0) is 17.9 Å². The van der Waals surface area contributed by atoms with Crippen molar-refractivity contribution in [2.45, 2.75) is 33.4 Å². The standard InChI is InChI=1S/C14H17ClN2O2S2/c1-3-16(8-11-4-5-12(15)21-11)13(18)6-7-17-10(2)9-20-14(17)19/h4-5,9H,3,6-8H2,1-2H3. The van der Waals surface area contributed by atoms with Gasteiger partial charge in [-0.25, -0.2) is 0 Å². The van der Waals surface area contributed by atoms with E-state index in [9.17, 15) is 9.59 Å². The monoisotopic (exact) mass is 344 g/mol. The molecule has 2 aromatic heterocycles. The van der Waals surface area contributed by atoms with Gasteiger partial charge < -0.3 is 9.47 Å². The van der Waals surface area contributed by atoms with E-state index in [1.165, 1.54) is 22.7 Å². The van der Waals surface area contributed by atoms with Crippen LogP contribution in [0.3, 0.4) is 0 Å². The van der Waals surface area contributed by atoms with Crippen molar-refractivity contribution in [2.24, 2.45) is 0 Å². The Hall–Kier alpha value is -1.11. The minimum Gasteiger partial charge on any atom is -0.338 e. The van der Waals surface area contributed by atoms with Crippen LogP contribution in [0.4, 0.5) is 0 Å². The van der Waals surface area contributed by atoms with Crippen molar-refractivity contribution in [3.05, 3.63) is 42.1 Å². The number of carbonyl (C=O) groups is 1. The average molecular weight is 345 g/mol. The Labute approximate surface area is 136 Å². The lowest BCUT2D eigenvalue weighted by Crippen LogP contribution is -2.31. The fourth-order valence-electron chi connectivity index (χ4n) is 2.04. The number of hydrogen-bond donors (Lipinski definition) is 0. The van der Waals surface area contributed by atoms with Gasteiger partial charge in [0.05, 0.1) is 10.9 Å². The van der Waals surface area contributed by atoms with Crippen LogP contribution in [0.1, 0.15) is 23.9 Å². The number of carbonyl (C=O) groups excluding carboxylic acids is 1. The number of halogens is 1. The predicted octanol–water partition coefficient (Wildman–Crippen LogP) is 3.37. The summed E-state index contributed by atoms with van der Waals surface area (Å²) in [7, 11) is 0. The summed E-state index contributed by atoms with van der Waals surface area (Å²) in [5.41, 5.74) is 0.908. The molecule has 0 aliphatic heterocycles. The largest absolute Gasteiger partial charge is 0.338 e. The van der Waals surface area contributed by atoms with Crippen LogP contribution in [-0.4, -0.2) is 21.9 Å². The highest BCUT2D eigenvalue weighted by Crippen LogP contribution is 2.22. The molecule has 0 radical (unpaired) electrons. The summed E-state index contributed by atoms with van der Waals surface area (Å²) in [5, 5.41) is 1.82. The zero-order valence-corrected chi connectivity index (χ0v) is 14.4. The van der Waals surface area contributed by atoms with E-state index in [0.29, 0.717) is 26.1 Å². The van der Waals surface area contributed by atoms with Crippen molar-refractivity contribution in [3.63, 3.8) is 0 Å². The molecule has 1 amide bonds. The first kappa shape index (κ1) is 16.3. The Balaban J connectivity index is 1.96. The van der Waals surface area contributed by atoms with Crippen LogP contribution in [0, 0.1) is 6.92 Å². The van der Waals surface area contributed by atoms with Crippen LogP contribution in [0.2, 0.25) is 4.34 Å². The molecule has 0 fully saturated rings. The first-order valence-electron chi connectivity index (χ1n) is 6.68. The van der Waals surface area contributed by atoms with E-state index in [2.05, 4.69) is 0 Å². The van der Waals surface area contributed by atoms with Crippen molar-refractivity contribution in [3.8, 4) is 0 Å². The van der Waals surface area contributed by atoms with Crippen LogP contribution in [0.5, 0.6) is 0 Å². The van der Waals surface area contributed by atoms with Crippen molar-refractivity contribution >= 4 is 40.2 Å². The van der Waals surface area contributed by atoms with E-state index in [1.54, 1.807) is 9.47 Å². The molecule has 114 valence electrons. The van der Waals surface area contributed by atoms with Gasteiger partial charge in [-0.15, -0.1) is 11.3 Å². The topological polar surface area (TPSA) is 42.3 Å². The first-order chi connectivity index (χ1) is 10.0. The lowest BCUT2D eigenvalue weighted by molar-refractivity contribution is -0.131. The molecule has 0 aromatic carbocycles. The summed E-state index contributed by atoms with van der Waals surface area (Å²) in [4.78, 5) is 26.8. The highest BCUT2D eigenvalue weighted by atomic mass is 35.5. The van der Waals surface area contributed by atoms with Gasteiger partial charge in [0.15, 0.2) is 0 Å². The molecule has 0 atom stereocenters. The fourth-order valence-corrected chi connectivity index (χ4v) is 3.91. The minimum absolute atomic E-state index is 0.00612. The van der Waals surface area contributed by atoms with Gasteiger partial charge in [-0.05, 0) is 26.0 Å². The number of rotatable bonds is 6. The highest BCUT2D eigenvalue weighted by molar-refractivity contribution is 7.16. The number of aromatic nitrogens is 1. The number of hydrogen-bond acceptors (Lipinski definition) is 4. The number of nitrogens with zero attached hydrogens (tertiary/aromatic N) is 2. The summed E-state index contributed by atoms with van der Waals surface area (Å²) in [6.45, 7) is 5.49. The average Bonchev–Trinajstić information content (AvgIpc) is 3.00. The van der Waals surface area contributed by atoms with E-state index in [4.69, 9.17) is 11.6 Å². The molecule has 21 heavy (non-hydrogen) atoms. The number of aryl methyl sites for hydroxylation is 1. The van der Waals surface area contributed by atoms with Gasteiger partial charge in [0.1, 0.15) is 0 Å². The molecule has 0 bridgehead atoms.